The van der Waals surface area contributed by atoms with Gasteiger partial charge >= 0.3 is 6.03 Å². The molecule has 0 radical (unpaired) electrons. The van der Waals surface area contributed by atoms with Crippen molar-refractivity contribution in [1.82, 2.24) is 10.6 Å². The number of hydrogen-bond acceptors (Lipinski definition) is 2. The number of amides is 2. The monoisotopic (exact) mass is 306 g/mol. The molecule has 2 amide bonds. The Hall–Kier alpha value is -1.55. The van der Waals surface area contributed by atoms with Crippen LogP contribution in [-0.2, 0) is 0 Å². The Labute approximate surface area is 134 Å². The summed E-state index contributed by atoms with van der Waals surface area (Å²) in [5.74, 6) is 0. The molecule has 0 aliphatic carbocycles. The van der Waals surface area contributed by atoms with Crippen LogP contribution in [0.4, 0.5) is 4.79 Å². The number of benzene rings is 1. The Kier molecular flexibility index (Phi) is 6.88. The zero-order valence-electron chi connectivity index (χ0n) is 14.4. The summed E-state index contributed by atoms with van der Waals surface area (Å²) >= 11 is 0. The maximum atomic E-state index is 12.2. The van der Waals surface area contributed by atoms with Crippen LogP contribution in [0, 0.1) is 12.3 Å². The van der Waals surface area contributed by atoms with Gasteiger partial charge in [-0.15, -0.1) is 0 Å². The van der Waals surface area contributed by atoms with Gasteiger partial charge in [-0.1, -0.05) is 50.6 Å². The third-order valence-corrected chi connectivity index (χ3v) is 3.69. The molecule has 1 rings (SSSR count). The maximum absolute atomic E-state index is 12.2. The highest BCUT2D eigenvalue weighted by Crippen LogP contribution is 2.32. The molecule has 0 spiro atoms. The second-order valence-corrected chi connectivity index (χ2v) is 7.10. The van der Waals surface area contributed by atoms with Crippen LogP contribution in [0.15, 0.2) is 24.3 Å². The SMILES string of the molecule is Cc1cccc(C(NC(=O)NC(C)CCCO)C(C)(C)C)c1. The van der Waals surface area contributed by atoms with Crippen LogP contribution in [-0.4, -0.2) is 23.8 Å². The topological polar surface area (TPSA) is 61.4 Å². The number of nitrogens with one attached hydrogen (secondary N) is 2. The molecule has 4 nitrogen and oxygen atoms in total. The van der Waals surface area contributed by atoms with Gasteiger partial charge in [-0.25, -0.2) is 4.79 Å². The summed E-state index contributed by atoms with van der Waals surface area (Å²) in [6.45, 7) is 10.5. The quantitative estimate of drug-likeness (QED) is 0.753. The molecule has 0 aliphatic rings. The number of rotatable bonds is 6. The second kappa shape index (κ2) is 8.18. The molecule has 0 fully saturated rings. The lowest BCUT2D eigenvalue weighted by molar-refractivity contribution is 0.213. The minimum absolute atomic E-state index is 0.0466. The number of carbonyl (C=O) groups excluding carboxylic acids is 1. The largest absolute Gasteiger partial charge is 0.396 e. The van der Waals surface area contributed by atoms with E-state index in [1.807, 2.05) is 13.0 Å². The zero-order chi connectivity index (χ0) is 16.8. The van der Waals surface area contributed by atoms with E-state index < -0.39 is 0 Å². The third kappa shape index (κ3) is 6.06. The van der Waals surface area contributed by atoms with E-state index in [2.05, 4.69) is 56.5 Å². The smallest absolute Gasteiger partial charge is 0.315 e. The van der Waals surface area contributed by atoms with E-state index in [4.69, 9.17) is 5.11 Å². The van der Waals surface area contributed by atoms with Crippen molar-refractivity contribution in [1.29, 1.82) is 0 Å². The molecular weight excluding hydrogens is 276 g/mol. The van der Waals surface area contributed by atoms with Gasteiger partial charge in [-0.2, -0.15) is 0 Å². The van der Waals surface area contributed by atoms with Gasteiger partial charge in [0.1, 0.15) is 0 Å². The van der Waals surface area contributed by atoms with E-state index in [1.54, 1.807) is 0 Å². The molecular formula is C18H30N2O2. The van der Waals surface area contributed by atoms with Crippen molar-refractivity contribution in [3.05, 3.63) is 35.4 Å². The molecule has 0 aliphatic heterocycles. The van der Waals surface area contributed by atoms with Gasteiger partial charge in [0.05, 0.1) is 6.04 Å². The van der Waals surface area contributed by atoms with Crippen molar-refractivity contribution in [2.75, 3.05) is 6.61 Å². The average Bonchev–Trinajstić information content (AvgIpc) is 2.41. The van der Waals surface area contributed by atoms with Crippen LogP contribution in [0.5, 0.6) is 0 Å². The number of aliphatic hydroxyl groups is 1. The number of hydrogen-bond donors (Lipinski definition) is 3. The fourth-order valence-corrected chi connectivity index (χ4v) is 2.52. The fraction of sp³-hybridized carbons (Fsp3) is 0.611. The van der Waals surface area contributed by atoms with Crippen molar-refractivity contribution in [2.45, 2.75) is 59.5 Å². The summed E-state index contributed by atoms with van der Waals surface area (Å²) in [6.07, 6.45) is 1.47. The lowest BCUT2D eigenvalue weighted by Gasteiger charge is -2.32. The molecule has 0 saturated carbocycles. The normalized spacial score (nSPS) is 14.3. The Bertz CT molecular complexity index is 480. The molecule has 1 aromatic rings. The van der Waals surface area contributed by atoms with Crippen LogP contribution in [0.1, 0.15) is 57.7 Å². The summed E-state index contributed by atoms with van der Waals surface area (Å²) in [4.78, 5) is 12.2. The van der Waals surface area contributed by atoms with E-state index in [-0.39, 0.29) is 30.1 Å². The predicted molar refractivity (Wildman–Crippen MR) is 90.8 cm³/mol. The van der Waals surface area contributed by atoms with E-state index in [9.17, 15) is 4.79 Å². The Morgan fingerprint density at radius 3 is 2.50 bits per heavy atom. The van der Waals surface area contributed by atoms with Crippen molar-refractivity contribution in [2.24, 2.45) is 5.41 Å². The first-order valence-electron chi connectivity index (χ1n) is 7.98. The van der Waals surface area contributed by atoms with E-state index in [0.29, 0.717) is 6.42 Å². The van der Waals surface area contributed by atoms with E-state index >= 15 is 0 Å². The molecule has 0 heterocycles. The van der Waals surface area contributed by atoms with Gasteiger partial charge in [-0.05, 0) is 37.7 Å². The van der Waals surface area contributed by atoms with Gasteiger partial charge in [0.2, 0.25) is 0 Å². The zero-order valence-corrected chi connectivity index (χ0v) is 14.4. The first-order valence-corrected chi connectivity index (χ1v) is 7.98. The molecule has 124 valence electrons. The maximum Gasteiger partial charge on any atom is 0.315 e. The highest BCUT2D eigenvalue weighted by Gasteiger charge is 2.28. The van der Waals surface area contributed by atoms with Crippen molar-refractivity contribution in [3.63, 3.8) is 0 Å². The molecule has 1 aromatic carbocycles. The summed E-state index contributed by atoms with van der Waals surface area (Å²) < 4.78 is 0. The number of urea groups is 1. The van der Waals surface area contributed by atoms with E-state index in [0.717, 1.165) is 12.0 Å². The Morgan fingerprint density at radius 1 is 1.27 bits per heavy atom. The molecule has 3 N–H and O–H groups in total. The molecule has 4 heteroatoms. The highest BCUT2D eigenvalue weighted by molar-refractivity contribution is 5.74. The van der Waals surface area contributed by atoms with E-state index in [1.165, 1.54) is 5.56 Å². The summed E-state index contributed by atoms with van der Waals surface area (Å²) in [5, 5.41) is 14.9. The third-order valence-electron chi connectivity index (χ3n) is 3.69. The molecule has 0 bridgehead atoms. The summed E-state index contributed by atoms with van der Waals surface area (Å²) in [6, 6.07) is 8.08. The standard InChI is InChI=1S/C18H30N2O2/c1-13-8-6-10-15(12-13)16(18(3,4)5)20-17(22)19-14(2)9-7-11-21/h6,8,10,12,14,16,21H,7,9,11H2,1-5H3,(H2,19,20,22). The lowest BCUT2D eigenvalue weighted by Crippen LogP contribution is -2.45. The van der Waals surface area contributed by atoms with Crippen molar-refractivity contribution < 1.29 is 9.90 Å². The molecule has 0 aromatic heterocycles. The van der Waals surface area contributed by atoms with Gasteiger partial charge in [0.25, 0.3) is 0 Å². The highest BCUT2D eigenvalue weighted by atomic mass is 16.3. The predicted octanol–water partition coefficient (Wildman–Crippen LogP) is 3.54. The fourth-order valence-electron chi connectivity index (χ4n) is 2.52. The first-order chi connectivity index (χ1) is 10.2. The average molecular weight is 306 g/mol. The lowest BCUT2D eigenvalue weighted by atomic mass is 9.82. The van der Waals surface area contributed by atoms with Crippen LogP contribution < -0.4 is 10.6 Å². The summed E-state index contributed by atoms with van der Waals surface area (Å²) in [5.41, 5.74) is 2.22. The van der Waals surface area contributed by atoms with Gasteiger partial charge in [0.15, 0.2) is 0 Å². The number of aliphatic hydroxyl groups excluding tert-OH is 1. The second-order valence-electron chi connectivity index (χ2n) is 7.10. The van der Waals surface area contributed by atoms with Crippen LogP contribution in [0.25, 0.3) is 0 Å². The van der Waals surface area contributed by atoms with Gasteiger partial charge in [0, 0.05) is 12.6 Å². The Morgan fingerprint density at radius 2 is 1.95 bits per heavy atom. The minimum atomic E-state index is -0.160. The molecule has 2 unspecified atom stereocenters. The number of carbonyl (C=O) groups is 1. The molecule has 22 heavy (non-hydrogen) atoms. The summed E-state index contributed by atoms with van der Waals surface area (Å²) in [7, 11) is 0. The van der Waals surface area contributed by atoms with Crippen LogP contribution in [0.3, 0.4) is 0 Å². The van der Waals surface area contributed by atoms with Crippen LogP contribution in [0.2, 0.25) is 0 Å². The minimum Gasteiger partial charge on any atom is -0.396 e. The van der Waals surface area contributed by atoms with Gasteiger partial charge in [-0.3, -0.25) is 0 Å². The molecule has 0 saturated heterocycles. The van der Waals surface area contributed by atoms with Crippen molar-refractivity contribution >= 4 is 6.03 Å². The van der Waals surface area contributed by atoms with Gasteiger partial charge < -0.3 is 15.7 Å². The van der Waals surface area contributed by atoms with Crippen LogP contribution >= 0.6 is 0 Å². The Balaban J connectivity index is 2.76. The molecule has 2 atom stereocenters. The van der Waals surface area contributed by atoms with Crippen molar-refractivity contribution in [3.8, 4) is 0 Å². The number of aryl methyl sites for hydroxylation is 1. The first kappa shape index (κ1) is 18.5.